The Morgan fingerprint density at radius 3 is 2.93 bits per heavy atom. The molecule has 0 amide bonds. The molecule has 2 aromatic carbocycles. The number of hydrogen-bond acceptors (Lipinski definition) is 3. The van der Waals surface area contributed by atoms with E-state index in [4.69, 9.17) is 5.48 Å². The molecule has 2 aromatic rings. The summed E-state index contributed by atoms with van der Waals surface area (Å²) >= 11 is 0. The zero-order valence-electron chi connectivity index (χ0n) is 20.7. The second-order valence-electron chi connectivity index (χ2n) is 8.46. The molecule has 29 heavy (non-hydrogen) atoms. The van der Waals surface area contributed by atoms with E-state index in [1.165, 1.54) is 21.8 Å². The number of halogens is 1. The molecule has 152 valence electrons. The van der Waals surface area contributed by atoms with Crippen molar-refractivity contribution in [3.8, 4) is 0 Å². The van der Waals surface area contributed by atoms with Gasteiger partial charge in [-0.3, -0.25) is 4.79 Å². The number of anilines is 2. The van der Waals surface area contributed by atoms with Crippen LogP contribution in [0, 0.1) is 5.82 Å². The molecule has 5 rings (SSSR count). The summed E-state index contributed by atoms with van der Waals surface area (Å²) < 4.78 is 44.8. The van der Waals surface area contributed by atoms with Gasteiger partial charge in [0, 0.05) is 51.0 Å². The number of ketones is 1. The second-order valence-corrected chi connectivity index (χ2v) is 8.46. The fraction of sp³-hybridized carbons (Fsp3) is 0.458. The lowest BCUT2D eigenvalue weighted by molar-refractivity contribution is -0.906. The van der Waals surface area contributed by atoms with Gasteiger partial charge in [-0.15, -0.1) is 0 Å². The van der Waals surface area contributed by atoms with E-state index in [0.717, 1.165) is 39.1 Å². The van der Waals surface area contributed by atoms with Gasteiger partial charge in [-0.1, -0.05) is 12.1 Å². The van der Waals surface area contributed by atoms with Gasteiger partial charge in [0.25, 0.3) is 0 Å². The van der Waals surface area contributed by atoms with Crippen molar-refractivity contribution in [2.24, 2.45) is 0 Å². The number of benzene rings is 2. The summed E-state index contributed by atoms with van der Waals surface area (Å²) in [6.45, 7) is 4.98. The van der Waals surface area contributed by atoms with Gasteiger partial charge in [0.2, 0.25) is 0 Å². The van der Waals surface area contributed by atoms with Crippen LogP contribution in [0.25, 0.3) is 0 Å². The molecule has 0 spiro atoms. The lowest BCUT2D eigenvalue weighted by Crippen LogP contribution is -3.14. The van der Waals surface area contributed by atoms with Crippen LogP contribution in [-0.4, -0.2) is 51.6 Å². The number of fused-ring (bicyclic) bond motifs is 3. The van der Waals surface area contributed by atoms with Gasteiger partial charge in [0.15, 0.2) is 5.78 Å². The Labute approximate surface area is 177 Å². The average molecular weight is 399 g/mol. The molecule has 1 fully saturated rings. The number of carbonyl (C=O) groups excluding carboxylic acids is 1. The molecule has 0 aromatic heterocycles. The zero-order chi connectivity index (χ0) is 23.4. The molecule has 3 aliphatic rings. The molecule has 3 atom stereocenters. The molecule has 0 aliphatic carbocycles. The molecule has 0 radical (unpaired) electrons. The van der Waals surface area contributed by atoms with Gasteiger partial charge < -0.3 is 14.7 Å². The third kappa shape index (κ3) is 3.31. The SMILES string of the molecule is [2H]c1c([2H])c(C(=O)CCC[NH+]2CC[C@H]3[C@@H](C2)c2cccc4c2N3CCN4C)c([2H])c([2H])c1F. The van der Waals surface area contributed by atoms with E-state index in [0.29, 0.717) is 18.4 Å². The van der Waals surface area contributed by atoms with E-state index in [1.807, 2.05) is 0 Å². The smallest absolute Gasteiger partial charge is 0.163 e. The van der Waals surface area contributed by atoms with Crippen LogP contribution in [0.3, 0.4) is 0 Å². The molecule has 0 bridgehead atoms. The van der Waals surface area contributed by atoms with Crippen LogP contribution in [0.1, 0.15) is 46.6 Å². The maximum absolute atomic E-state index is 13.8. The Balaban J connectivity index is 1.25. The Morgan fingerprint density at radius 2 is 2.10 bits per heavy atom. The molecule has 3 aliphatic heterocycles. The molecule has 5 heteroatoms. The quantitative estimate of drug-likeness (QED) is 0.785. The van der Waals surface area contributed by atoms with Crippen molar-refractivity contribution in [3.05, 3.63) is 59.3 Å². The highest BCUT2D eigenvalue weighted by Crippen LogP contribution is 2.48. The van der Waals surface area contributed by atoms with Gasteiger partial charge in [-0.05, 0) is 35.8 Å². The minimum absolute atomic E-state index is 0.136. The Bertz CT molecular complexity index is 1100. The molecule has 4 nitrogen and oxygen atoms in total. The number of nitrogens with one attached hydrogen (secondary N) is 1. The summed E-state index contributed by atoms with van der Waals surface area (Å²) in [6, 6.07) is 4.45. The largest absolute Gasteiger partial charge is 0.371 e. The number of piperidine rings is 1. The Hall–Kier alpha value is -2.40. The summed E-state index contributed by atoms with van der Waals surface area (Å²) in [7, 11) is 2.16. The molecule has 1 unspecified atom stereocenters. The van der Waals surface area contributed by atoms with Crippen LogP contribution in [0.5, 0.6) is 0 Å². The fourth-order valence-corrected chi connectivity index (χ4v) is 5.37. The summed E-state index contributed by atoms with van der Waals surface area (Å²) in [5.74, 6) is -1.17. The van der Waals surface area contributed by atoms with E-state index >= 15 is 0 Å². The van der Waals surface area contributed by atoms with Crippen molar-refractivity contribution < 1.29 is 19.6 Å². The lowest BCUT2D eigenvalue weighted by atomic mass is 9.89. The molecule has 3 heterocycles. The minimum atomic E-state index is -1.21. The first kappa shape index (κ1) is 14.6. The molecule has 1 N–H and O–H groups in total. The van der Waals surface area contributed by atoms with Gasteiger partial charge in [0.05, 0.1) is 42.4 Å². The van der Waals surface area contributed by atoms with Gasteiger partial charge in [-0.2, -0.15) is 0 Å². The molecule has 1 saturated heterocycles. The lowest BCUT2D eigenvalue weighted by Gasteiger charge is -2.40. The summed E-state index contributed by atoms with van der Waals surface area (Å²) in [4.78, 5) is 19.1. The number of nitrogens with zero attached hydrogens (tertiary/aromatic N) is 2. The van der Waals surface area contributed by atoms with Crippen molar-refractivity contribution in [1.82, 2.24) is 0 Å². The Kier molecular flexibility index (Phi) is 3.74. The van der Waals surface area contributed by atoms with Crippen LogP contribution >= 0.6 is 0 Å². The van der Waals surface area contributed by atoms with Crippen molar-refractivity contribution in [2.75, 3.05) is 49.6 Å². The molecular formula is C24H29FN3O+. The predicted molar refractivity (Wildman–Crippen MR) is 114 cm³/mol. The van der Waals surface area contributed by atoms with Crippen LogP contribution in [0.4, 0.5) is 15.8 Å². The normalized spacial score (nSPS) is 26.9. The van der Waals surface area contributed by atoms with E-state index in [1.54, 1.807) is 0 Å². The number of carbonyl (C=O) groups is 1. The topological polar surface area (TPSA) is 28.0 Å². The van der Waals surface area contributed by atoms with Crippen LogP contribution in [0.2, 0.25) is 0 Å². The van der Waals surface area contributed by atoms with Crippen molar-refractivity contribution in [2.45, 2.75) is 31.2 Å². The number of Topliss-reactive ketones (excluding diaryl/α,β-unsaturated/α-hetero) is 1. The third-order valence-electron chi connectivity index (χ3n) is 6.79. The number of likely N-dealkylation sites (N-methyl/N-ethyl adjacent to an activating group) is 1. The van der Waals surface area contributed by atoms with Gasteiger partial charge in [0.1, 0.15) is 5.82 Å². The van der Waals surface area contributed by atoms with Crippen molar-refractivity contribution in [1.29, 1.82) is 0 Å². The van der Waals surface area contributed by atoms with Crippen LogP contribution in [0.15, 0.2) is 42.4 Å². The maximum atomic E-state index is 13.8. The first-order chi connectivity index (χ1) is 15.8. The number of rotatable bonds is 5. The number of likely N-dealkylation sites (tertiary alicyclic amines) is 1. The number of para-hydroxylation sites is 1. The zero-order valence-corrected chi connectivity index (χ0v) is 16.7. The first-order valence-corrected chi connectivity index (χ1v) is 10.5. The van der Waals surface area contributed by atoms with Crippen molar-refractivity contribution >= 4 is 17.2 Å². The monoisotopic (exact) mass is 398 g/mol. The highest BCUT2D eigenvalue weighted by Gasteiger charge is 2.46. The van der Waals surface area contributed by atoms with Gasteiger partial charge in [-0.25, -0.2) is 4.39 Å². The molecule has 0 saturated carbocycles. The minimum Gasteiger partial charge on any atom is -0.371 e. The molecular weight excluding hydrogens is 365 g/mol. The fourth-order valence-electron chi connectivity index (χ4n) is 5.37. The number of hydrogen-bond donors (Lipinski definition) is 1. The third-order valence-corrected chi connectivity index (χ3v) is 6.79. The second kappa shape index (κ2) is 7.45. The summed E-state index contributed by atoms with van der Waals surface area (Å²) in [5.41, 5.74) is 3.86. The highest BCUT2D eigenvalue weighted by molar-refractivity contribution is 5.95. The maximum Gasteiger partial charge on any atom is 0.163 e. The van der Waals surface area contributed by atoms with E-state index in [2.05, 4.69) is 35.0 Å². The van der Waals surface area contributed by atoms with Crippen LogP contribution in [-0.2, 0) is 0 Å². The first-order valence-electron chi connectivity index (χ1n) is 12.5. The highest BCUT2D eigenvalue weighted by atomic mass is 19.1. The number of quaternary nitrogens is 1. The predicted octanol–water partition coefficient (Wildman–Crippen LogP) is 2.50. The van der Waals surface area contributed by atoms with Gasteiger partial charge >= 0.3 is 0 Å². The standard InChI is InChI=1S/C24H28FN3O/c1-26-14-15-28-21-11-13-27(16-20(21)19-4-2-5-22(26)24(19)28)12-3-6-23(29)17-7-9-18(25)10-8-17/h2,4-5,7-10,20-21H,3,6,11-16H2,1H3/p+1/t20-,21-/m0/s1/i7D,8D,9D,10D. The summed E-state index contributed by atoms with van der Waals surface area (Å²) in [5, 5.41) is 0. The van der Waals surface area contributed by atoms with Crippen LogP contribution < -0.4 is 14.7 Å². The Morgan fingerprint density at radius 1 is 1.28 bits per heavy atom. The van der Waals surface area contributed by atoms with E-state index < -0.39 is 35.8 Å². The van der Waals surface area contributed by atoms with Crippen molar-refractivity contribution in [3.63, 3.8) is 0 Å². The average Bonchev–Trinajstić information content (AvgIpc) is 3.13. The summed E-state index contributed by atoms with van der Waals surface area (Å²) in [6.07, 6.45) is 1.85. The van der Waals surface area contributed by atoms with E-state index in [-0.39, 0.29) is 12.0 Å². The van der Waals surface area contributed by atoms with E-state index in [9.17, 15) is 9.18 Å².